The van der Waals surface area contributed by atoms with Crippen LogP contribution in [-0.2, 0) is 4.79 Å². The summed E-state index contributed by atoms with van der Waals surface area (Å²) in [5.74, 6) is 1.53. The van der Waals surface area contributed by atoms with Gasteiger partial charge in [0.15, 0.2) is 0 Å². The smallest absolute Gasteiger partial charge is 0.142 e. The SMILES string of the molecule is CC1CC1/C=C/C=O. The van der Waals surface area contributed by atoms with E-state index < -0.39 is 0 Å². The fourth-order valence-electron chi connectivity index (χ4n) is 0.807. The number of rotatable bonds is 2. The standard InChI is InChI=1S/C7H10O/c1-6-5-7(6)3-2-4-8/h2-4,6-7H,5H2,1H3/b3-2+. The predicted molar refractivity (Wildman–Crippen MR) is 32.5 cm³/mol. The van der Waals surface area contributed by atoms with E-state index in [4.69, 9.17) is 0 Å². The van der Waals surface area contributed by atoms with Crippen LogP contribution in [0.2, 0.25) is 0 Å². The Kier molecular flexibility index (Phi) is 1.47. The topological polar surface area (TPSA) is 17.1 Å². The average molecular weight is 110 g/mol. The Labute approximate surface area is 49.4 Å². The molecule has 1 saturated carbocycles. The van der Waals surface area contributed by atoms with E-state index in [0.717, 1.165) is 12.2 Å². The van der Waals surface area contributed by atoms with E-state index in [0.29, 0.717) is 5.92 Å². The maximum Gasteiger partial charge on any atom is 0.142 e. The molecule has 1 nitrogen and oxygen atoms in total. The molecule has 0 spiro atoms. The van der Waals surface area contributed by atoms with Crippen molar-refractivity contribution >= 4 is 6.29 Å². The molecule has 2 unspecified atom stereocenters. The number of carbonyl (C=O) groups excluding carboxylic acids is 1. The Morgan fingerprint density at radius 2 is 2.25 bits per heavy atom. The van der Waals surface area contributed by atoms with Crippen LogP contribution in [0.4, 0.5) is 0 Å². The number of allylic oxidation sites excluding steroid dienone is 2. The maximum absolute atomic E-state index is 9.76. The van der Waals surface area contributed by atoms with Gasteiger partial charge in [0.2, 0.25) is 0 Å². The summed E-state index contributed by atoms with van der Waals surface area (Å²) >= 11 is 0. The molecule has 0 bridgehead atoms. The van der Waals surface area contributed by atoms with Gasteiger partial charge in [-0.25, -0.2) is 0 Å². The first kappa shape index (κ1) is 5.54. The summed E-state index contributed by atoms with van der Waals surface area (Å²) in [5.41, 5.74) is 0. The molecule has 1 aliphatic rings. The molecule has 1 fully saturated rings. The maximum atomic E-state index is 9.76. The Bertz CT molecular complexity index is 116. The third kappa shape index (κ3) is 1.19. The van der Waals surface area contributed by atoms with Crippen molar-refractivity contribution in [1.82, 2.24) is 0 Å². The van der Waals surface area contributed by atoms with Crippen molar-refractivity contribution in [3.8, 4) is 0 Å². The third-order valence-electron chi connectivity index (χ3n) is 1.61. The van der Waals surface area contributed by atoms with Gasteiger partial charge in [0.05, 0.1) is 0 Å². The molecule has 1 heteroatoms. The van der Waals surface area contributed by atoms with Crippen LogP contribution in [0.15, 0.2) is 12.2 Å². The van der Waals surface area contributed by atoms with Gasteiger partial charge in [-0.2, -0.15) is 0 Å². The van der Waals surface area contributed by atoms with E-state index in [9.17, 15) is 4.79 Å². The molecule has 44 valence electrons. The van der Waals surface area contributed by atoms with Gasteiger partial charge in [-0.3, -0.25) is 4.79 Å². The third-order valence-corrected chi connectivity index (χ3v) is 1.61. The highest BCUT2D eigenvalue weighted by Gasteiger charge is 2.29. The number of hydrogen-bond donors (Lipinski definition) is 0. The lowest BCUT2D eigenvalue weighted by Gasteiger charge is -1.75. The molecular weight excluding hydrogens is 100 g/mol. The van der Waals surface area contributed by atoms with Crippen LogP contribution in [0.1, 0.15) is 13.3 Å². The number of carbonyl (C=O) groups is 1. The zero-order valence-corrected chi connectivity index (χ0v) is 5.00. The minimum atomic E-state index is 0.709. The van der Waals surface area contributed by atoms with Crippen molar-refractivity contribution in [3.63, 3.8) is 0 Å². The van der Waals surface area contributed by atoms with Crippen LogP contribution in [0.5, 0.6) is 0 Å². The molecule has 0 N–H and O–H groups in total. The molecule has 0 aromatic rings. The second kappa shape index (κ2) is 2.12. The summed E-state index contributed by atoms with van der Waals surface area (Å²) in [5, 5.41) is 0. The van der Waals surface area contributed by atoms with Gasteiger partial charge in [0.1, 0.15) is 6.29 Å². The molecule has 0 amide bonds. The lowest BCUT2D eigenvalue weighted by atomic mass is 10.3. The van der Waals surface area contributed by atoms with Crippen molar-refractivity contribution in [3.05, 3.63) is 12.2 Å². The molecular formula is C7H10O. The van der Waals surface area contributed by atoms with E-state index in [1.165, 1.54) is 6.42 Å². The lowest BCUT2D eigenvalue weighted by molar-refractivity contribution is -0.104. The molecule has 0 aliphatic heterocycles. The predicted octanol–water partition coefficient (Wildman–Crippen LogP) is 1.40. The normalized spacial score (nSPS) is 35.6. The largest absolute Gasteiger partial charge is 0.299 e. The summed E-state index contributed by atoms with van der Waals surface area (Å²) < 4.78 is 0. The summed E-state index contributed by atoms with van der Waals surface area (Å²) in [6, 6.07) is 0. The van der Waals surface area contributed by atoms with Crippen molar-refractivity contribution in [2.45, 2.75) is 13.3 Å². The Balaban J connectivity index is 2.21. The van der Waals surface area contributed by atoms with Crippen LogP contribution in [-0.4, -0.2) is 6.29 Å². The lowest BCUT2D eigenvalue weighted by Crippen LogP contribution is -1.68. The first-order valence-corrected chi connectivity index (χ1v) is 2.96. The zero-order chi connectivity index (χ0) is 5.98. The zero-order valence-electron chi connectivity index (χ0n) is 5.00. The quantitative estimate of drug-likeness (QED) is 0.388. The molecule has 0 saturated heterocycles. The average Bonchev–Trinajstić information content (AvgIpc) is 2.42. The second-order valence-electron chi connectivity index (χ2n) is 2.40. The fraction of sp³-hybridized carbons (Fsp3) is 0.571. The molecule has 1 aliphatic carbocycles. The molecule has 0 radical (unpaired) electrons. The van der Waals surface area contributed by atoms with Crippen LogP contribution in [0.3, 0.4) is 0 Å². The summed E-state index contributed by atoms with van der Waals surface area (Å²) in [7, 11) is 0. The highest BCUT2D eigenvalue weighted by Crippen LogP contribution is 2.38. The Hall–Kier alpha value is -0.590. The highest BCUT2D eigenvalue weighted by molar-refractivity contribution is 5.64. The van der Waals surface area contributed by atoms with E-state index in [1.54, 1.807) is 6.08 Å². The highest BCUT2D eigenvalue weighted by atomic mass is 16.1. The fourth-order valence-corrected chi connectivity index (χ4v) is 0.807. The number of hydrogen-bond acceptors (Lipinski definition) is 1. The molecule has 0 heterocycles. The monoisotopic (exact) mass is 110 g/mol. The summed E-state index contributed by atoms with van der Waals surface area (Å²) in [6.07, 6.45) is 5.68. The van der Waals surface area contributed by atoms with Gasteiger partial charge in [-0.1, -0.05) is 13.0 Å². The van der Waals surface area contributed by atoms with Crippen molar-refractivity contribution in [2.75, 3.05) is 0 Å². The van der Waals surface area contributed by atoms with Crippen molar-refractivity contribution in [1.29, 1.82) is 0 Å². The van der Waals surface area contributed by atoms with Crippen LogP contribution >= 0.6 is 0 Å². The Morgan fingerprint density at radius 1 is 1.62 bits per heavy atom. The van der Waals surface area contributed by atoms with Crippen molar-refractivity contribution < 1.29 is 4.79 Å². The van der Waals surface area contributed by atoms with Gasteiger partial charge in [-0.15, -0.1) is 0 Å². The second-order valence-corrected chi connectivity index (χ2v) is 2.40. The molecule has 0 aromatic carbocycles. The summed E-state index contributed by atoms with van der Waals surface area (Å²) in [6.45, 7) is 2.19. The van der Waals surface area contributed by atoms with Gasteiger partial charge in [0, 0.05) is 0 Å². The van der Waals surface area contributed by atoms with E-state index >= 15 is 0 Å². The Morgan fingerprint density at radius 3 is 2.62 bits per heavy atom. The van der Waals surface area contributed by atoms with Crippen LogP contribution in [0.25, 0.3) is 0 Å². The first-order chi connectivity index (χ1) is 3.84. The first-order valence-electron chi connectivity index (χ1n) is 2.96. The number of aldehydes is 1. The van der Waals surface area contributed by atoms with Gasteiger partial charge >= 0.3 is 0 Å². The minimum Gasteiger partial charge on any atom is -0.299 e. The molecule has 0 aromatic heterocycles. The van der Waals surface area contributed by atoms with Crippen molar-refractivity contribution in [2.24, 2.45) is 11.8 Å². The van der Waals surface area contributed by atoms with Gasteiger partial charge < -0.3 is 0 Å². The van der Waals surface area contributed by atoms with Gasteiger partial charge in [0.25, 0.3) is 0 Å². The molecule has 1 rings (SSSR count). The van der Waals surface area contributed by atoms with Crippen LogP contribution in [0, 0.1) is 11.8 Å². The van der Waals surface area contributed by atoms with E-state index in [1.807, 2.05) is 6.08 Å². The minimum absolute atomic E-state index is 0.709. The van der Waals surface area contributed by atoms with Gasteiger partial charge in [-0.05, 0) is 24.3 Å². The molecule has 8 heavy (non-hydrogen) atoms. The van der Waals surface area contributed by atoms with E-state index in [-0.39, 0.29) is 0 Å². The van der Waals surface area contributed by atoms with E-state index in [2.05, 4.69) is 6.92 Å². The molecule has 2 atom stereocenters. The van der Waals surface area contributed by atoms with Crippen LogP contribution < -0.4 is 0 Å². The summed E-state index contributed by atoms with van der Waals surface area (Å²) in [4.78, 5) is 9.76.